The highest BCUT2D eigenvalue weighted by Gasteiger charge is 2.25. The van der Waals surface area contributed by atoms with Crippen LogP contribution in [0.25, 0.3) is 0 Å². The van der Waals surface area contributed by atoms with Gasteiger partial charge in [-0.3, -0.25) is 9.48 Å². The summed E-state index contributed by atoms with van der Waals surface area (Å²) in [6, 6.07) is 7.50. The van der Waals surface area contributed by atoms with Crippen molar-refractivity contribution in [2.45, 2.75) is 40.1 Å². The SMILES string of the molecule is COc1ccc(C(=O)N2CCn3c(CO)nnc3C2)cc1Cn1nc(C)cc1C. The van der Waals surface area contributed by atoms with Gasteiger partial charge in [0.2, 0.25) is 0 Å². The van der Waals surface area contributed by atoms with Crippen LogP contribution in [0, 0.1) is 13.8 Å². The standard InChI is InChI=1S/C20H24N6O3/c1-13-8-14(2)26(23-13)10-16-9-15(4-5-17(16)29-3)20(28)24-6-7-25-18(11-24)21-22-19(25)12-27/h4-5,8-9,27H,6-7,10-12H2,1-3H3. The molecule has 1 amide bonds. The molecule has 2 aromatic heterocycles. The number of benzene rings is 1. The summed E-state index contributed by atoms with van der Waals surface area (Å²) < 4.78 is 9.27. The van der Waals surface area contributed by atoms with Gasteiger partial charge in [-0.15, -0.1) is 10.2 Å². The van der Waals surface area contributed by atoms with E-state index < -0.39 is 0 Å². The molecule has 29 heavy (non-hydrogen) atoms. The Labute approximate surface area is 168 Å². The maximum absolute atomic E-state index is 13.1. The van der Waals surface area contributed by atoms with Crippen molar-refractivity contribution in [3.63, 3.8) is 0 Å². The highest BCUT2D eigenvalue weighted by atomic mass is 16.5. The van der Waals surface area contributed by atoms with Gasteiger partial charge in [-0.05, 0) is 38.1 Å². The Morgan fingerprint density at radius 2 is 2.03 bits per heavy atom. The predicted octanol–water partition coefficient (Wildman–Crippen LogP) is 1.30. The molecule has 0 atom stereocenters. The highest BCUT2D eigenvalue weighted by molar-refractivity contribution is 5.94. The number of hydrogen-bond acceptors (Lipinski definition) is 6. The van der Waals surface area contributed by atoms with Crippen molar-refractivity contribution >= 4 is 5.91 Å². The Kier molecular flexibility index (Phi) is 5.06. The monoisotopic (exact) mass is 396 g/mol. The first-order valence-electron chi connectivity index (χ1n) is 9.49. The summed E-state index contributed by atoms with van der Waals surface area (Å²) in [4.78, 5) is 14.9. The molecular weight excluding hydrogens is 372 g/mol. The number of aromatic nitrogens is 5. The molecule has 0 saturated carbocycles. The minimum atomic E-state index is -0.158. The molecule has 0 bridgehead atoms. The zero-order valence-electron chi connectivity index (χ0n) is 16.8. The average molecular weight is 396 g/mol. The molecule has 0 radical (unpaired) electrons. The van der Waals surface area contributed by atoms with Gasteiger partial charge in [0, 0.05) is 29.9 Å². The van der Waals surface area contributed by atoms with Gasteiger partial charge in [-0.25, -0.2) is 0 Å². The molecule has 0 saturated heterocycles. The van der Waals surface area contributed by atoms with E-state index in [1.807, 2.05) is 41.3 Å². The van der Waals surface area contributed by atoms with Crippen molar-refractivity contribution in [3.05, 3.63) is 58.4 Å². The first kappa shape index (κ1) is 19.1. The Bertz CT molecular complexity index is 1050. The summed E-state index contributed by atoms with van der Waals surface area (Å²) in [7, 11) is 1.62. The number of nitrogens with zero attached hydrogens (tertiary/aromatic N) is 6. The number of carbonyl (C=O) groups excluding carboxylic acids is 1. The van der Waals surface area contributed by atoms with Crippen molar-refractivity contribution < 1.29 is 14.6 Å². The molecule has 1 N–H and O–H groups in total. The van der Waals surface area contributed by atoms with E-state index in [0.717, 1.165) is 22.7 Å². The first-order valence-corrected chi connectivity index (χ1v) is 9.49. The summed E-state index contributed by atoms with van der Waals surface area (Å²) in [5.41, 5.74) is 3.50. The first-order chi connectivity index (χ1) is 14.0. The molecule has 3 heterocycles. The van der Waals surface area contributed by atoms with E-state index in [1.54, 1.807) is 18.1 Å². The van der Waals surface area contributed by atoms with Gasteiger partial charge in [-0.2, -0.15) is 5.10 Å². The fourth-order valence-corrected chi connectivity index (χ4v) is 3.72. The maximum Gasteiger partial charge on any atom is 0.254 e. The third-order valence-corrected chi connectivity index (χ3v) is 5.21. The van der Waals surface area contributed by atoms with Gasteiger partial charge in [0.1, 0.15) is 12.4 Å². The van der Waals surface area contributed by atoms with Crippen molar-refractivity contribution in [3.8, 4) is 5.75 Å². The summed E-state index contributed by atoms with van der Waals surface area (Å²) in [5.74, 6) is 1.87. The van der Waals surface area contributed by atoms with Gasteiger partial charge in [-0.1, -0.05) is 0 Å². The lowest BCUT2D eigenvalue weighted by Crippen LogP contribution is -2.38. The molecule has 0 spiro atoms. The zero-order chi connectivity index (χ0) is 20.5. The minimum Gasteiger partial charge on any atom is -0.496 e. The number of amides is 1. The normalized spacial score (nSPS) is 13.4. The number of aliphatic hydroxyl groups excluding tert-OH is 1. The molecule has 152 valence electrons. The zero-order valence-corrected chi connectivity index (χ0v) is 16.8. The van der Waals surface area contributed by atoms with Crippen molar-refractivity contribution in [2.24, 2.45) is 0 Å². The Morgan fingerprint density at radius 3 is 2.72 bits per heavy atom. The topological polar surface area (TPSA) is 98.3 Å². The largest absolute Gasteiger partial charge is 0.496 e. The summed E-state index contributed by atoms with van der Waals surface area (Å²) in [6.45, 7) is 5.80. The molecule has 1 aliphatic rings. The number of aryl methyl sites for hydroxylation is 2. The molecule has 1 aromatic carbocycles. The molecule has 9 heteroatoms. The summed E-state index contributed by atoms with van der Waals surface area (Å²) in [6.07, 6.45) is 0. The van der Waals surface area contributed by atoms with E-state index in [4.69, 9.17) is 4.74 Å². The number of ether oxygens (including phenoxy) is 1. The van der Waals surface area contributed by atoms with Crippen LogP contribution in [0.5, 0.6) is 5.75 Å². The number of fused-ring (bicyclic) bond motifs is 1. The van der Waals surface area contributed by atoms with Gasteiger partial charge in [0.15, 0.2) is 11.6 Å². The van der Waals surface area contributed by atoms with Gasteiger partial charge < -0.3 is 19.3 Å². The van der Waals surface area contributed by atoms with Crippen molar-refractivity contribution in [1.82, 2.24) is 29.4 Å². The van der Waals surface area contributed by atoms with Crippen LogP contribution in [0.1, 0.15) is 39.0 Å². The number of rotatable bonds is 5. The lowest BCUT2D eigenvalue weighted by atomic mass is 10.1. The Balaban J connectivity index is 1.58. The predicted molar refractivity (Wildman–Crippen MR) is 104 cm³/mol. The van der Waals surface area contributed by atoms with Gasteiger partial charge >= 0.3 is 0 Å². The number of carbonyl (C=O) groups is 1. The summed E-state index contributed by atoms with van der Waals surface area (Å²) in [5, 5.41) is 21.9. The van der Waals surface area contributed by atoms with Crippen LogP contribution in [-0.4, -0.2) is 54.1 Å². The van der Waals surface area contributed by atoms with E-state index in [9.17, 15) is 9.90 Å². The quantitative estimate of drug-likeness (QED) is 0.698. The molecule has 4 rings (SSSR count). The van der Waals surface area contributed by atoms with Crippen LogP contribution in [-0.2, 0) is 26.2 Å². The van der Waals surface area contributed by atoms with E-state index in [1.165, 1.54) is 0 Å². The van der Waals surface area contributed by atoms with Crippen molar-refractivity contribution in [1.29, 1.82) is 0 Å². The summed E-state index contributed by atoms with van der Waals surface area (Å²) >= 11 is 0. The van der Waals surface area contributed by atoms with E-state index in [0.29, 0.717) is 43.4 Å². The fourth-order valence-electron chi connectivity index (χ4n) is 3.72. The molecular formula is C20H24N6O3. The smallest absolute Gasteiger partial charge is 0.254 e. The van der Waals surface area contributed by atoms with Crippen LogP contribution < -0.4 is 4.74 Å². The lowest BCUT2D eigenvalue weighted by Gasteiger charge is -2.28. The minimum absolute atomic E-state index is 0.0675. The van der Waals surface area contributed by atoms with Crippen LogP contribution in [0.3, 0.4) is 0 Å². The number of hydrogen-bond donors (Lipinski definition) is 1. The fraction of sp³-hybridized carbons (Fsp3) is 0.400. The molecule has 1 aliphatic heterocycles. The third-order valence-electron chi connectivity index (χ3n) is 5.21. The van der Waals surface area contributed by atoms with Gasteiger partial charge in [0.25, 0.3) is 5.91 Å². The molecule has 0 unspecified atom stereocenters. The highest BCUT2D eigenvalue weighted by Crippen LogP contribution is 2.24. The number of aliphatic hydroxyl groups is 1. The number of methoxy groups -OCH3 is 1. The van der Waals surface area contributed by atoms with Crippen LogP contribution in [0.4, 0.5) is 0 Å². The molecule has 0 fully saturated rings. The molecule has 3 aromatic rings. The maximum atomic E-state index is 13.1. The van der Waals surface area contributed by atoms with E-state index >= 15 is 0 Å². The van der Waals surface area contributed by atoms with Crippen LogP contribution in [0.15, 0.2) is 24.3 Å². The second-order valence-corrected chi connectivity index (χ2v) is 7.18. The third kappa shape index (κ3) is 3.61. The van der Waals surface area contributed by atoms with E-state index in [-0.39, 0.29) is 12.5 Å². The Hall–Kier alpha value is -3.20. The second-order valence-electron chi connectivity index (χ2n) is 7.18. The van der Waals surface area contributed by atoms with Crippen LogP contribution >= 0.6 is 0 Å². The van der Waals surface area contributed by atoms with Crippen LogP contribution in [0.2, 0.25) is 0 Å². The van der Waals surface area contributed by atoms with E-state index in [2.05, 4.69) is 15.3 Å². The van der Waals surface area contributed by atoms with Gasteiger partial charge in [0.05, 0.1) is 25.9 Å². The molecule has 0 aliphatic carbocycles. The van der Waals surface area contributed by atoms with Crippen molar-refractivity contribution in [2.75, 3.05) is 13.7 Å². The second kappa shape index (κ2) is 7.67. The Morgan fingerprint density at radius 1 is 1.21 bits per heavy atom. The lowest BCUT2D eigenvalue weighted by molar-refractivity contribution is 0.0705. The average Bonchev–Trinajstić information content (AvgIpc) is 3.28. The molecule has 9 nitrogen and oxygen atoms in total.